The molecular formula is C28H31N3O2. The van der Waals surface area contributed by atoms with Crippen LogP contribution in [-0.4, -0.2) is 53.8 Å². The topological polar surface area (TPSA) is 52.7 Å². The van der Waals surface area contributed by atoms with Gasteiger partial charge < -0.3 is 15.1 Å². The molecule has 0 aromatic heterocycles. The monoisotopic (exact) mass is 441 g/mol. The Balaban J connectivity index is 1.55. The summed E-state index contributed by atoms with van der Waals surface area (Å²) in [7, 11) is 1.82. The van der Waals surface area contributed by atoms with Crippen molar-refractivity contribution in [1.82, 2.24) is 15.1 Å². The number of nitrogens with one attached hydrogen (secondary N) is 1. The van der Waals surface area contributed by atoms with Crippen LogP contribution in [0.25, 0.3) is 0 Å². The Morgan fingerprint density at radius 3 is 2.06 bits per heavy atom. The number of carbonyl (C=O) groups excluding carboxylic acids is 2. The molecule has 0 aliphatic carbocycles. The maximum atomic E-state index is 13.7. The molecule has 3 aromatic carbocycles. The lowest BCUT2D eigenvalue weighted by molar-refractivity contribution is -0.148. The molecule has 170 valence electrons. The van der Waals surface area contributed by atoms with Gasteiger partial charge in [-0.1, -0.05) is 91.0 Å². The van der Waals surface area contributed by atoms with Gasteiger partial charge in [-0.15, -0.1) is 0 Å². The van der Waals surface area contributed by atoms with Gasteiger partial charge >= 0.3 is 0 Å². The summed E-state index contributed by atoms with van der Waals surface area (Å²) >= 11 is 0. The van der Waals surface area contributed by atoms with Crippen LogP contribution in [-0.2, 0) is 29.0 Å². The minimum atomic E-state index is -0.533. The number of likely N-dealkylation sites (N-methyl/N-ethyl adjacent to an activating group) is 1. The third-order valence-electron chi connectivity index (χ3n) is 6.18. The summed E-state index contributed by atoms with van der Waals surface area (Å²) in [6.07, 6.45) is 1.12. The molecule has 0 unspecified atom stereocenters. The molecule has 2 amide bonds. The first-order valence-corrected chi connectivity index (χ1v) is 11.5. The van der Waals surface area contributed by atoms with E-state index in [-0.39, 0.29) is 17.9 Å². The molecule has 1 fully saturated rings. The highest BCUT2D eigenvalue weighted by atomic mass is 16.2. The maximum Gasteiger partial charge on any atom is 0.245 e. The fraction of sp³-hybridized carbons (Fsp3) is 0.286. The van der Waals surface area contributed by atoms with E-state index in [0.717, 1.165) is 16.7 Å². The Kier molecular flexibility index (Phi) is 7.53. The van der Waals surface area contributed by atoms with Crippen molar-refractivity contribution in [3.63, 3.8) is 0 Å². The molecule has 1 aliphatic rings. The van der Waals surface area contributed by atoms with Gasteiger partial charge in [0.15, 0.2) is 0 Å². The van der Waals surface area contributed by atoms with Gasteiger partial charge in [-0.2, -0.15) is 0 Å². The van der Waals surface area contributed by atoms with E-state index in [4.69, 9.17) is 0 Å². The van der Waals surface area contributed by atoms with Gasteiger partial charge in [-0.25, -0.2) is 0 Å². The summed E-state index contributed by atoms with van der Waals surface area (Å²) in [4.78, 5) is 30.7. The third-order valence-corrected chi connectivity index (χ3v) is 6.18. The van der Waals surface area contributed by atoms with Crippen LogP contribution in [0.5, 0.6) is 0 Å². The lowest BCUT2D eigenvalue weighted by Gasteiger charge is -2.39. The largest absolute Gasteiger partial charge is 0.340 e. The number of nitrogens with zero attached hydrogens (tertiary/aromatic N) is 2. The standard InChI is InChI=1S/C28H31N3O2/c1-30(21-24-15-9-4-10-16-24)28(33)26(20-23-13-7-3-8-14-23)31-18-17-29-25(27(31)32)19-22-11-5-2-6-12-22/h2-16,25-26,29H,17-21H2,1H3/t25-,26+/m1/s1. The van der Waals surface area contributed by atoms with E-state index in [0.29, 0.717) is 32.5 Å². The highest BCUT2D eigenvalue weighted by Gasteiger charge is 2.37. The van der Waals surface area contributed by atoms with Crippen LogP contribution < -0.4 is 5.32 Å². The predicted octanol–water partition coefficient (Wildman–Crippen LogP) is 3.30. The van der Waals surface area contributed by atoms with Crippen molar-refractivity contribution >= 4 is 11.8 Å². The van der Waals surface area contributed by atoms with Crippen LogP contribution in [0.2, 0.25) is 0 Å². The summed E-state index contributed by atoms with van der Waals surface area (Å²) in [5.41, 5.74) is 3.23. The minimum Gasteiger partial charge on any atom is -0.340 e. The summed E-state index contributed by atoms with van der Waals surface area (Å²) in [6, 6.07) is 29.1. The number of piperazine rings is 1. The molecule has 1 aliphatic heterocycles. The van der Waals surface area contributed by atoms with Crippen molar-refractivity contribution in [1.29, 1.82) is 0 Å². The molecule has 5 nitrogen and oxygen atoms in total. The summed E-state index contributed by atoms with van der Waals surface area (Å²) < 4.78 is 0. The third kappa shape index (κ3) is 5.88. The molecule has 1 N–H and O–H groups in total. The zero-order chi connectivity index (χ0) is 23.0. The second kappa shape index (κ2) is 10.9. The van der Waals surface area contributed by atoms with E-state index < -0.39 is 6.04 Å². The van der Waals surface area contributed by atoms with Gasteiger partial charge in [0.25, 0.3) is 0 Å². The fourth-order valence-corrected chi connectivity index (χ4v) is 4.43. The van der Waals surface area contributed by atoms with Crippen molar-refractivity contribution in [2.24, 2.45) is 0 Å². The minimum absolute atomic E-state index is 0.00695. The lowest BCUT2D eigenvalue weighted by atomic mass is 9.98. The van der Waals surface area contributed by atoms with Crippen molar-refractivity contribution in [3.05, 3.63) is 108 Å². The molecule has 0 saturated carbocycles. The number of carbonyl (C=O) groups is 2. The zero-order valence-electron chi connectivity index (χ0n) is 19.1. The van der Waals surface area contributed by atoms with Crippen molar-refractivity contribution in [2.45, 2.75) is 31.5 Å². The van der Waals surface area contributed by atoms with Gasteiger partial charge in [0.1, 0.15) is 6.04 Å². The maximum absolute atomic E-state index is 13.7. The molecule has 4 rings (SSSR count). The fourth-order valence-electron chi connectivity index (χ4n) is 4.43. The molecule has 3 aromatic rings. The molecule has 1 heterocycles. The second-order valence-corrected chi connectivity index (χ2v) is 8.61. The van der Waals surface area contributed by atoms with Gasteiger partial charge in [0.2, 0.25) is 11.8 Å². The van der Waals surface area contributed by atoms with Gasteiger partial charge in [0, 0.05) is 33.1 Å². The number of amides is 2. The number of hydrogen-bond acceptors (Lipinski definition) is 3. The van der Waals surface area contributed by atoms with Gasteiger partial charge in [0.05, 0.1) is 6.04 Å². The van der Waals surface area contributed by atoms with Crippen LogP contribution in [0.1, 0.15) is 16.7 Å². The Morgan fingerprint density at radius 2 is 1.45 bits per heavy atom. The molecule has 2 atom stereocenters. The van der Waals surface area contributed by atoms with E-state index in [2.05, 4.69) is 5.32 Å². The van der Waals surface area contributed by atoms with E-state index in [1.54, 1.807) is 9.80 Å². The highest BCUT2D eigenvalue weighted by molar-refractivity contribution is 5.90. The van der Waals surface area contributed by atoms with Crippen molar-refractivity contribution in [2.75, 3.05) is 20.1 Å². The molecule has 1 saturated heterocycles. The molecule has 0 spiro atoms. The highest BCUT2D eigenvalue weighted by Crippen LogP contribution is 2.18. The SMILES string of the molecule is CN(Cc1ccccc1)C(=O)[C@H](Cc1ccccc1)N1CCN[C@H](Cc2ccccc2)C1=O. The number of benzene rings is 3. The molecule has 0 radical (unpaired) electrons. The molecule has 0 bridgehead atoms. The predicted molar refractivity (Wildman–Crippen MR) is 130 cm³/mol. The first kappa shape index (κ1) is 22.7. The summed E-state index contributed by atoms with van der Waals surface area (Å²) in [5, 5.41) is 3.36. The number of rotatable bonds is 8. The second-order valence-electron chi connectivity index (χ2n) is 8.61. The summed E-state index contributed by atoms with van der Waals surface area (Å²) in [6.45, 7) is 1.70. The van der Waals surface area contributed by atoms with E-state index >= 15 is 0 Å². The van der Waals surface area contributed by atoms with E-state index in [1.165, 1.54) is 0 Å². The smallest absolute Gasteiger partial charge is 0.245 e. The average molecular weight is 442 g/mol. The molecular weight excluding hydrogens is 410 g/mol. The van der Waals surface area contributed by atoms with Crippen LogP contribution in [0.3, 0.4) is 0 Å². The van der Waals surface area contributed by atoms with Crippen LogP contribution in [0, 0.1) is 0 Å². The number of hydrogen-bond donors (Lipinski definition) is 1. The van der Waals surface area contributed by atoms with Crippen LogP contribution >= 0.6 is 0 Å². The zero-order valence-corrected chi connectivity index (χ0v) is 19.1. The summed E-state index contributed by atoms with van der Waals surface area (Å²) in [5.74, 6) is -0.0380. The Morgan fingerprint density at radius 1 is 0.909 bits per heavy atom. The normalized spacial score (nSPS) is 16.9. The van der Waals surface area contributed by atoms with E-state index in [1.807, 2.05) is 98.0 Å². The lowest BCUT2D eigenvalue weighted by Crippen LogP contribution is -2.62. The molecule has 33 heavy (non-hydrogen) atoms. The van der Waals surface area contributed by atoms with Gasteiger partial charge in [-0.05, 0) is 23.1 Å². The van der Waals surface area contributed by atoms with Gasteiger partial charge in [-0.3, -0.25) is 9.59 Å². The van der Waals surface area contributed by atoms with Crippen molar-refractivity contribution in [3.8, 4) is 0 Å². The molecule has 5 heteroatoms. The first-order chi connectivity index (χ1) is 16.1. The Labute approximate surface area is 196 Å². The van der Waals surface area contributed by atoms with Crippen LogP contribution in [0.15, 0.2) is 91.0 Å². The average Bonchev–Trinajstić information content (AvgIpc) is 2.85. The first-order valence-electron chi connectivity index (χ1n) is 11.5. The van der Waals surface area contributed by atoms with Crippen LogP contribution in [0.4, 0.5) is 0 Å². The quantitative estimate of drug-likeness (QED) is 0.584. The Bertz CT molecular complexity index is 1040. The Hall–Kier alpha value is -3.44. The van der Waals surface area contributed by atoms with Crippen molar-refractivity contribution < 1.29 is 9.59 Å². The van der Waals surface area contributed by atoms with E-state index in [9.17, 15) is 9.59 Å².